The molecule has 2 aromatic heterocycles. The number of hydrogen-bond acceptors (Lipinski definition) is 5. The fraction of sp³-hybridized carbons (Fsp3) is 0.364. The fourth-order valence-electron chi connectivity index (χ4n) is 1.73. The van der Waals surface area contributed by atoms with Crippen LogP contribution >= 0.6 is 11.3 Å². The van der Waals surface area contributed by atoms with Crippen LogP contribution in [0.15, 0.2) is 23.4 Å². The third kappa shape index (κ3) is 3.03. The molecule has 0 spiro atoms. The molecular formula is C11H15N3O3S2. The lowest BCUT2D eigenvalue weighted by molar-refractivity contribution is 0.285. The number of aliphatic hydroxyl groups is 1. The van der Waals surface area contributed by atoms with Gasteiger partial charge in [-0.2, -0.15) is 5.10 Å². The van der Waals surface area contributed by atoms with E-state index in [1.54, 1.807) is 26.2 Å². The van der Waals surface area contributed by atoms with E-state index in [9.17, 15) is 8.42 Å². The van der Waals surface area contributed by atoms with Gasteiger partial charge < -0.3 is 5.11 Å². The third-order valence-corrected chi connectivity index (χ3v) is 5.55. The van der Waals surface area contributed by atoms with Crippen LogP contribution < -0.4 is 4.72 Å². The summed E-state index contributed by atoms with van der Waals surface area (Å²) in [5.41, 5.74) is 0.763. The normalized spacial score (nSPS) is 13.6. The second-order valence-electron chi connectivity index (χ2n) is 4.17. The lowest BCUT2D eigenvalue weighted by Crippen LogP contribution is -2.26. The second-order valence-corrected chi connectivity index (χ2v) is 7.19. The molecule has 2 aromatic rings. The molecule has 1 atom stereocenters. The van der Waals surface area contributed by atoms with E-state index in [4.69, 9.17) is 5.11 Å². The summed E-state index contributed by atoms with van der Waals surface area (Å²) in [4.78, 5) is 1.52. The number of hydrogen-bond donors (Lipinski definition) is 3. The van der Waals surface area contributed by atoms with Gasteiger partial charge in [0.1, 0.15) is 0 Å². The fourth-order valence-corrected chi connectivity index (χ4v) is 4.46. The van der Waals surface area contributed by atoms with Crippen molar-refractivity contribution in [3.05, 3.63) is 33.8 Å². The Labute approximate surface area is 115 Å². The van der Waals surface area contributed by atoms with Crippen molar-refractivity contribution in [2.24, 2.45) is 0 Å². The van der Waals surface area contributed by atoms with Crippen LogP contribution in [0.1, 0.15) is 28.3 Å². The summed E-state index contributed by atoms with van der Waals surface area (Å²) >= 11 is 1.28. The Bertz CT molecular complexity index is 647. The molecule has 2 heterocycles. The first-order chi connectivity index (χ1) is 8.94. The minimum atomic E-state index is -3.60. The molecule has 0 saturated heterocycles. The Balaban J connectivity index is 2.25. The van der Waals surface area contributed by atoms with Crippen LogP contribution in [0.25, 0.3) is 0 Å². The highest BCUT2D eigenvalue weighted by molar-refractivity contribution is 7.89. The number of aromatic nitrogens is 2. The van der Waals surface area contributed by atoms with E-state index in [0.717, 1.165) is 5.56 Å². The van der Waals surface area contributed by atoms with Crippen molar-refractivity contribution in [2.45, 2.75) is 31.4 Å². The van der Waals surface area contributed by atoms with Gasteiger partial charge in [0, 0.05) is 27.6 Å². The third-order valence-electron chi connectivity index (χ3n) is 2.72. The zero-order chi connectivity index (χ0) is 14.0. The minimum absolute atomic E-state index is 0.154. The van der Waals surface area contributed by atoms with Gasteiger partial charge >= 0.3 is 0 Å². The molecule has 0 radical (unpaired) electrons. The summed E-state index contributed by atoms with van der Waals surface area (Å²) in [6, 6.07) is 1.13. The van der Waals surface area contributed by atoms with Gasteiger partial charge in [-0.25, -0.2) is 13.1 Å². The average molecular weight is 301 g/mol. The molecule has 6 nitrogen and oxygen atoms in total. The van der Waals surface area contributed by atoms with E-state index in [2.05, 4.69) is 14.9 Å². The van der Waals surface area contributed by atoms with Gasteiger partial charge in [-0.1, -0.05) is 0 Å². The predicted molar refractivity (Wildman–Crippen MR) is 72.3 cm³/mol. The molecular weight excluding hydrogens is 286 g/mol. The Hall–Kier alpha value is -1.22. The molecule has 8 heteroatoms. The Morgan fingerprint density at radius 3 is 2.84 bits per heavy atom. The summed E-state index contributed by atoms with van der Waals surface area (Å²) < 4.78 is 27.1. The molecule has 104 valence electrons. The number of thiophene rings is 1. The number of sulfonamides is 1. The number of aliphatic hydroxyl groups excluding tert-OH is 1. The molecule has 1 unspecified atom stereocenters. The standard InChI is InChI=1S/C11H15N3O3S2/c1-7(9-4-12-13-5-9)14-19(16,17)11-3-10(6-15)18-8(11)2/h3-5,7,14-15H,6H2,1-2H3,(H,12,13). The molecule has 3 N–H and O–H groups in total. The minimum Gasteiger partial charge on any atom is -0.391 e. The van der Waals surface area contributed by atoms with Gasteiger partial charge in [0.25, 0.3) is 0 Å². The van der Waals surface area contributed by atoms with Crippen molar-refractivity contribution in [3.8, 4) is 0 Å². The number of nitrogens with one attached hydrogen (secondary N) is 2. The van der Waals surface area contributed by atoms with Crippen molar-refractivity contribution in [1.29, 1.82) is 0 Å². The van der Waals surface area contributed by atoms with E-state index < -0.39 is 10.0 Å². The summed E-state index contributed by atoms with van der Waals surface area (Å²) in [6.45, 7) is 3.32. The predicted octanol–water partition coefficient (Wildman–Crippen LogP) is 1.31. The van der Waals surface area contributed by atoms with E-state index in [1.165, 1.54) is 17.4 Å². The molecule has 19 heavy (non-hydrogen) atoms. The van der Waals surface area contributed by atoms with Crippen molar-refractivity contribution in [2.75, 3.05) is 0 Å². The van der Waals surface area contributed by atoms with Crippen LogP contribution in [0.5, 0.6) is 0 Å². The van der Waals surface area contributed by atoms with Crippen LogP contribution in [0.3, 0.4) is 0 Å². The number of rotatable bonds is 5. The maximum Gasteiger partial charge on any atom is 0.242 e. The molecule has 0 aromatic carbocycles. The summed E-state index contributed by atoms with van der Waals surface area (Å²) in [6.07, 6.45) is 3.22. The maximum absolute atomic E-state index is 12.3. The number of aromatic amines is 1. The average Bonchev–Trinajstić information content (AvgIpc) is 2.96. The second kappa shape index (κ2) is 5.41. The van der Waals surface area contributed by atoms with Crippen LogP contribution in [-0.4, -0.2) is 23.7 Å². The molecule has 0 bridgehead atoms. The maximum atomic E-state index is 12.3. The van der Waals surface area contributed by atoms with Gasteiger partial charge in [-0.05, 0) is 19.9 Å². The molecule has 0 fully saturated rings. The van der Waals surface area contributed by atoms with Crippen LogP contribution in [-0.2, 0) is 16.6 Å². The Kier molecular flexibility index (Phi) is 4.04. The van der Waals surface area contributed by atoms with Crippen molar-refractivity contribution in [3.63, 3.8) is 0 Å². The number of H-pyrrole nitrogens is 1. The van der Waals surface area contributed by atoms with Gasteiger partial charge in [0.05, 0.1) is 17.7 Å². The van der Waals surface area contributed by atoms with Crippen LogP contribution in [0.4, 0.5) is 0 Å². The molecule has 0 aliphatic heterocycles. The smallest absolute Gasteiger partial charge is 0.242 e. The van der Waals surface area contributed by atoms with Crippen LogP contribution in [0.2, 0.25) is 0 Å². The quantitative estimate of drug-likeness (QED) is 0.776. The molecule has 2 rings (SSSR count). The highest BCUT2D eigenvalue weighted by Crippen LogP contribution is 2.26. The van der Waals surface area contributed by atoms with Gasteiger partial charge in [-0.15, -0.1) is 11.3 Å². The van der Waals surface area contributed by atoms with Gasteiger partial charge in [0.2, 0.25) is 10.0 Å². The monoisotopic (exact) mass is 301 g/mol. The van der Waals surface area contributed by atoms with Gasteiger partial charge in [0.15, 0.2) is 0 Å². The highest BCUT2D eigenvalue weighted by atomic mass is 32.2. The van der Waals surface area contributed by atoms with Crippen molar-refractivity contribution < 1.29 is 13.5 Å². The highest BCUT2D eigenvalue weighted by Gasteiger charge is 2.22. The number of nitrogens with zero attached hydrogens (tertiary/aromatic N) is 1. The summed E-state index contributed by atoms with van der Waals surface area (Å²) in [5.74, 6) is 0. The molecule has 0 aliphatic rings. The lowest BCUT2D eigenvalue weighted by Gasteiger charge is -2.12. The van der Waals surface area contributed by atoms with E-state index >= 15 is 0 Å². The summed E-state index contributed by atoms with van der Waals surface area (Å²) in [7, 11) is -3.60. The zero-order valence-corrected chi connectivity index (χ0v) is 12.2. The molecule has 0 aliphatic carbocycles. The van der Waals surface area contributed by atoms with E-state index in [1.807, 2.05) is 0 Å². The molecule has 0 saturated carbocycles. The zero-order valence-electron chi connectivity index (χ0n) is 10.5. The van der Waals surface area contributed by atoms with E-state index in [-0.39, 0.29) is 17.5 Å². The van der Waals surface area contributed by atoms with Crippen LogP contribution in [0, 0.1) is 6.92 Å². The Morgan fingerprint density at radius 2 is 2.32 bits per heavy atom. The number of aryl methyl sites for hydroxylation is 1. The Morgan fingerprint density at radius 1 is 1.58 bits per heavy atom. The van der Waals surface area contributed by atoms with Crippen molar-refractivity contribution in [1.82, 2.24) is 14.9 Å². The lowest BCUT2D eigenvalue weighted by atomic mass is 10.2. The first-order valence-electron chi connectivity index (χ1n) is 5.65. The largest absolute Gasteiger partial charge is 0.391 e. The first-order valence-corrected chi connectivity index (χ1v) is 7.95. The molecule has 0 amide bonds. The van der Waals surface area contributed by atoms with Gasteiger partial charge in [-0.3, -0.25) is 5.10 Å². The summed E-state index contributed by atoms with van der Waals surface area (Å²) in [5, 5.41) is 15.5. The van der Waals surface area contributed by atoms with Crippen molar-refractivity contribution >= 4 is 21.4 Å². The first kappa shape index (κ1) is 14.2. The van der Waals surface area contributed by atoms with E-state index in [0.29, 0.717) is 9.75 Å². The SMILES string of the molecule is Cc1sc(CO)cc1S(=O)(=O)NC(C)c1cn[nH]c1. The topological polar surface area (TPSA) is 95.1 Å².